The molecule has 2 rings (SSSR count). The van der Waals surface area contributed by atoms with Gasteiger partial charge in [0.2, 0.25) is 0 Å². The van der Waals surface area contributed by atoms with Crippen LogP contribution in [0.1, 0.15) is 22.6 Å². The molecule has 2 aromatic rings. The summed E-state index contributed by atoms with van der Waals surface area (Å²) in [7, 11) is 0. The van der Waals surface area contributed by atoms with E-state index in [1.807, 2.05) is 0 Å². The SMILES string of the molecule is Cc1c(C(=O)O)nnn1CCCOc1ccc(F)cc1F. The lowest BCUT2D eigenvalue weighted by Gasteiger charge is -2.07. The molecule has 0 spiro atoms. The Morgan fingerprint density at radius 1 is 1.43 bits per heavy atom. The monoisotopic (exact) mass is 297 g/mol. The van der Waals surface area contributed by atoms with E-state index in [1.165, 1.54) is 10.7 Å². The molecule has 21 heavy (non-hydrogen) atoms. The smallest absolute Gasteiger partial charge is 0.358 e. The first-order valence-electron chi connectivity index (χ1n) is 6.20. The van der Waals surface area contributed by atoms with Crippen molar-refractivity contribution in [1.29, 1.82) is 0 Å². The number of ether oxygens (including phenoxy) is 1. The number of carboxylic acid groups (broad SMARTS) is 1. The fourth-order valence-electron chi connectivity index (χ4n) is 1.76. The summed E-state index contributed by atoms with van der Waals surface area (Å²) in [5.41, 5.74) is 0.343. The Morgan fingerprint density at radius 3 is 2.81 bits per heavy atom. The average Bonchev–Trinajstić information content (AvgIpc) is 2.78. The lowest BCUT2D eigenvalue weighted by molar-refractivity contribution is 0.0689. The minimum atomic E-state index is -1.14. The molecule has 0 aliphatic rings. The third-order valence-corrected chi connectivity index (χ3v) is 2.85. The Balaban J connectivity index is 1.86. The van der Waals surface area contributed by atoms with E-state index in [4.69, 9.17) is 9.84 Å². The summed E-state index contributed by atoms with van der Waals surface area (Å²) < 4.78 is 32.6. The molecule has 0 radical (unpaired) electrons. The van der Waals surface area contributed by atoms with Crippen LogP contribution in [-0.2, 0) is 6.54 Å². The van der Waals surface area contributed by atoms with Crippen LogP contribution >= 0.6 is 0 Å². The van der Waals surface area contributed by atoms with Crippen LogP contribution in [0, 0.1) is 18.6 Å². The average molecular weight is 297 g/mol. The third kappa shape index (κ3) is 3.53. The molecule has 112 valence electrons. The minimum Gasteiger partial charge on any atom is -0.490 e. The second kappa shape index (κ2) is 6.29. The molecular weight excluding hydrogens is 284 g/mol. The van der Waals surface area contributed by atoms with E-state index in [9.17, 15) is 13.6 Å². The van der Waals surface area contributed by atoms with Gasteiger partial charge in [0.1, 0.15) is 5.82 Å². The number of benzene rings is 1. The normalized spacial score (nSPS) is 10.6. The van der Waals surface area contributed by atoms with E-state index >= 15 is 0 Å². The van der Waals surface area contributed by atoms with Crippen molar-refractivity contribution in [3.63, 3.8) is 0 Å². The van der Waals surface area contributed by atoms with Gasteiger partial charge in [-0.2, -0.15) is 0 Å². The first-order chi connectivity index (χ1) is 9.99. The van der Waals surface area contributed by atoms with E-state index < -0.39 is 17.6 Å². The molecule has 0 unspecified atom stereocenters. The summed E-state index contributed by atoms with van der Waals surface area (Å²) in [6.45, 7) is 2.17. The summed E-state index contributed by atoms with van der Waals surface area (Å²) in [6.07, 6.45) is 0.472. The Labute approximate surface area is 119 Å². The molecule has 0 saturated carbocycles. The summed E-state index contributed by atoms with van der Waals surface area (Å²) in [6, 6.07) is 3.07. The number of aryl methyl sites for hydroxylation is 1. The van der Waals surface area contributed by atoms with Gasteiger partial charge in [0.05, 0.1) is 12.3 Å². The highest BCUT2D eigenvalue weighted by Gasteiger charge is 2.14. The number of halogens is 2. The van der Waals surface area contributed by atoms with E-state index in [1.54, 1.807) is 6.92 Å². The van der Waals surface area contributed by atoms with Crippen molar-refractivity contribution >= 4 is 5.97 Å². The predicted molar refractivity (Wildman–Crippen MR) is 68.2 cm³/mol. The highest BCUT2D eigenvalue weighted by molar-refractivity contribution is 5.86. The Hall–Kier alpha value is -2.51. The number of hydrogen-bond donors (Lipinski definition) is 1. The number of rotatable bonds is 6. The zero-order chi connectivity index (χ0) is 15.4. The molecule has 8 heteroatoms. The third-order valence-electron chi connectivity index (χ3n) is 2.85. The van der Waals surface area contributed by atoms with Gasteiger partial charge < -0.3 is 9.84 Å². The van der Waals surface area contributed by atoms with E-state index in [2.05, 4.69) is 10.3 Å². The van der Waals surface area contributed by atoms with Crippen molar-refractivity contribution in [3.05, 3.63) is 41.2 Å². The van der Waals surface area contributed by atoms with Gasteiger partial charge in [0.15, 0.2) is 17.3 Å². The van der Waals surface area contributed by atoms with Crippen LogP contribution in [0.5, 0.6) is 5.75 Å². The molecule has 0 fully saturated rings. The van der Waals surface area contributed by atoms with Gasteiger partial charge in [-0.15, -0.1) is 5.10 Å². The standard InChI is InChI=1S/C13H13F2N3O3/c1-8-12(13(19)20)16-17-18(8)5-2-6-21-11-4-3-9(14)7-10(11)15/h3-4,7H,2,5-6H2,1H3,(H,19,20). The number of aromatic nitrogens is 3. The second-order valence-corrected chi connectivity index (χ2v) is 4.33. The quantitative estimate of drug-likeness (QED) is 0.825. The molecule has 6 nitrogen and oxygen atoms in total. The number of nitrogens with zero attached hydrogens (tertiary/aromatic N) is 3. The molecule has 1 heterocycles. The fraction of sp³-hybridized carbons (Fsp3) is 0.308. The zero-order valence-corrected chi connectivity index (χ0v) is 11.2. The van der Waals surface area contributed by atoms with Crippen LogP contribution in [0.3, 0.4) is 0 Å². The van der Waals surface area contributed by atoms with Crippen molar-refractivity contribution in [1.82, 2.24) is 15.0 Å². The van der Waals surface area contributed by atoms with E-state index in [0.29, 0.717) is 18.7 Å². The van der Waals surface area contributed by atoms with Crippen molar-refractivity contribution in [2.75, 3.05) is 6.61 Å². The topological polar surface area (TPSA) is 77.2 Å². The van der Waals surface area contributed by atoms with Gasteiger partial charge in [-0.3, -0.25) is 0 Å². The first kappa shape index (κ1) is 14.9. The lowest BCUT2D eigenvalue weighted by atomic mass is 10.3. The number of carboxylic acids is 1. The molecule has 1 aromatic carbocycles. The molecule has 0 atom stereocenters. The molecule has 0 aliphatic carbocycles. The van der Waals surface area contributed by atoms with Gasteiger partial charge >= 0.3 is 5.97 Å². The van der Waals surface area contributed by atoms with Crippen LogP contribution in [-0.4, -0.2) is 32.7 Å². The van der Waals surface area contributed by atoms with Gasteiger partial charge in [-0.1, -0.05) is 5.21 Å². The van der Waals surface area contributed by atoms with Gasteiger partial charge in [0, 0.05) is 19.0 Å². The highest BCUT2D eigenvalue weighted by atomic mass is 19.1. The van der Waals surface area contributed by atoms with Gasteiger partial charge in [0.25, 0.3) is 0 Å². The second-order valence-electron chi connectivity index (χ2n) is 4.33. The van der Waals surface area contributed by atoms with Crippen molar-refractivity contribution < 1.29 is 23.4 Å². The number of aromatic carboxylic acids is 1. The van der Waals surface area contributed by atoms with Crippen LogP contribution in [0.15, 0.2) is 18.2 Å². The van der Waals surface area contributed by atoms with Gasteiger partial charge in [-0.05, 0) is 19.1 Å². The van der Waals surface area contributed by atoms with Crippen molar-refractivity contribution in [3.8, 4) is 5.75 Å². The molecule has 0 bridgehead atoms. The maximum Gasteiger partial charge on any atom is 0.358 e. The van der Waals surface area contributed by atoms with Gasteiger partial charge in [-0.25, -0.2) is 18.3 Å². The van der Waals surface area contributed by atoms with Crippen LogP contribution in [0.2, 0.25) is 0 Å². The lowest BCUT2D eigenvalue weighted by Crippen LogP contribution is -2.08. The first-order valence-corrected chi connectivity index (χ1v) is 6.20. The van der Waals surface area contributed by atoms with Crippen LogP contribution in [0.4, 0.5) is 8.78 Å². The molecule has 0 aliphatic heterocycles. The Morgan fingerprint density at radius 2 is 2.19 bits per heavy atom. The summed E-state index contributed by atoms with van der Waals surface area (Å²) in [5.74, 6) is -2.60. The summed E-state index contributed by atoms with van der Waals surface area (Å²) in [4.78, 5) is 10.8. The fourth-order valence-corrected chi connectivity index (χ4v) is 1.76. The minimum absolute atomic E-state index is 0.0297. The Bertz CT molecular complexity index is 658. The largest absolute Gasteiger partial charge is 0.490 e. The predicted octanol–water partition coefficient (Wildman–Crippen LogP) is 2.03. The van der Waals surface area contributed by atoms with E-state index in [-0.39, 0.29) is 18.1 Å². The molecule has 0 amide bonds. The summed E-state index contributed by atoms with van der Waals surface area (Å²) >= 11 is 0. The summed E-state index contributed by atoms with van der Waals surface area (Å²) in [5, 5.41) is 16.1. The Kier molecular flexibility index (Phi) is 4.46. The van der Waals surface area contributed by atoms with Crippen molar-refractivity contribution in [2.24, 2.45) is 0 Å². The maximum absolute atomic E-state index is 13.3. The number of carbonyl (C=O) groups is 1. The van der Waals surface area contributed by atoms with E-state index in [0.717, 1.165) is 12.1 Å². The highest BCUT2D eigenvalue weighted by Crippen LogP contribution is 2.17. The molecule has 1 N–H and O–H groups in total. The molecule has 1 aromatic heterocycles. The van der Waals surface area contributed by atoms with Crippen LogP contribution in [0.25, 0.3) is 0 Å². The molecule has 0 saturated heterocycles. The zero-order valence-electron chi connectivity index (χ0n) is 11.2. The van der Waals surface area contributed by atoms with Crippen LogP contribution < -0.4 is 4.74 Å². The van der Waals surface area contributed by atoms with Crippen molar-refractivity contribution in [2.45, 2.75) is 19.9 Å². The molecular formula is C13H13F2N3O3. The number of hydrogen-bond acceptors (Lipinski definition) is 4. The maximum atomic E-state index is 13.3.